The molecule has 1 aliphatic heterocycles. The zero-order valence-electron chi connectivity index (χ0n) is 11.6. The van der Waals surface area contributed by atoms with Gasteiger partial charge in [-0.15, -0.1) is 12.4 Å². The van der Waals surface area contributed by atoms with Crippen LogP contribution in [-0.4, -0.2) is 24.5 Å². The van der Waals surface area contributed by atoms with Crippen molar-refractivity contribution in [1.29, 1.82) is 0 Å². The Morgan fingerprint density at radius 2 is 1.94 bits per heavy atom. The fourth-order valence-electron chi connectivity index (χ4n) is 2.98. The van der Waals surface area contributed by atoms with Crippen molar-refractivity contribution in [3.63, 3.8) is 0 Å². The maximum absolute atomic E-state index is 11.9. The predicted molar refractivity (Wildman–Crippen MR) is 77.1 cm³/mol. The van der Waals surface area contributed by atoms with Crippen molar-refractivity contribution in [1.82, 2.24) is 10.6 Å². The van der Waals surface area contributed by atoms with E-state index in [2.05, 4.69) is 24.5 Å². The number of halogens is 1. The molecular weight excluding hydrogens is 248 g/mol. The van der Waals surface area contributed by atoms with Crippen molar-refractivity contribution in [3.8, 4) is 0 Å². The van der Waals surface area contributed by atoms with Crippen LogP contribution in [0.25, 0.3) is 0 Å². The highest BCUT2D eigenvalue weighted by atomic mass is 35.5. The number of carbonyl (C=O) groups excluding carboxylic acids is 1. The van der Waals surface area contributed by atoms with Crippen LogP contribution in [0.5, 0.6) is 0 Å². The summed E-state index contributed by atoms with van der Waals surface area (Å²) in [5.74, 6) is 0.245. The molecule has 1 saturated heterocycles. The van der Waals surface area contributed by atoms with E-state index in [1.165, 1.54) is 19.3 Å². The summed E-state index contributed by atoms with van der Waals surface area (Å²) in [6, 6.07) is 0.854. The molecule has 2 aliphatic rings. The molecule has 0 spiro atoms. The van der Waals surface area contributed by atoms with Crippen LogP contribution >= 0.6 is 12.4 Å². The molecule has 0 radical (unpaired) electrons. The lowest BCUT2D eigenvalue weighted by Crippen LogP contribution is -2.41. The highest BCUT2D eigenvalue weighted by Crippen LogP contribution is 2.34. The zero-order chi connectivity index (χ0) is 12.3. The standard InChI is InChI=1S/C14H26N2O.ClH/c1-14(2)7-5-11(6-8-14)16-13(17)10-12-4-3-9-15-12;/h11-12,15H,3-10H2,1-2H3,(H,16,17);1H. The number of nitrogens with one attached hydrogen (secondary N) is 2. The summed E-state index contributed by atoms with van der Waals surface area (Å²) in [5, 5.41) is 6.58. The van der Waals surface area contributed by atoms with Crippen LogP contribution < -0.4 is 10.6 Å². The Morgan fingerprint density at radius 3 is 2.50 bits per heavy atom. The lowest BCUT2D eigenvalue weighted by atomic mass is 9.75. The lowest BCUT2D eigenvalue weighted by Gasteiger charge is -2.34. The van der Waals surface area contributed by atoms with E-state index in [9.17, 15) is 4.79 Å². The lowest BCUT2D eigenvalue weighted by molar-refractivity contribution is -0.122. The molecule has 0 aromatic heterocycles. The summed E-state index contributed by atoms with van der Waals surface area (Å²) in [6.45, 7) is 5.73. The van der Waals surface area contributed by atoms with Crippen molar-refractivity contribution >= 4 is 18.3 Å². The van der Waals surface area contributed by atoms with E-state index in [0.29, 0.717) is 23.9 Å². The Hall–Kier alpha value is -0.280. The van der Waals surface area contributed by atoms with Gasteiger partial charge in [-0.05, 0) is 50.5 Å². The van der Waals surface area contributed by atoms with Crippen molar-refractivity contribution in [2.75, 3.05) is 6.54 Å². The molecule has 2 N–H and O–H groups in total. The molecule has 1 saturated carbocycles. The molecule has 18 heavy (non-hydrogen) atoms. The molecule has 1 atom stereocenters. The third-order valence-electron chi connectivity index (χ3n) is 4.30. The fourth-order valence-corrected chi connectivity index (χ4v) is 2.98. The number of hydrogen-bond acceptors (Lipinski definition) is 2. The number of hydrogen-bond donors (Lipinski definition) is 2. The van der Waals surface area contributed by atoms with E-state index in [-0.39, 0.29) is 18.3 Å². The Morgan fingerprint density at radius 1 is 1.28 bits per heavy atom. The molecule has 1 heterocycles. The third-order valence-corrected chi connectivity index (χ3v) is 4.30. The van der Waals surface area contributed by atoms with E-state index in [4.69, 9.17) is 0 Å². The molecular formula is C14H27ClN2O. The normalized spacial score (nSPS) is 27.6. The fraction of sp³-hybridized carbons (Fsp3) is 0.929. The van der Waals surface area contributed by atoms with Gasteiger partial charge in [0, 0.05) is 18.5 Å². The maximum Gasteiger partial charge on any atom is 0.221 e. The van der Waals surface area contributed by atoms with Gasteiger partial charge in [-0.3, -0.25) is 4.79 Å². The van der Waals surface area contributed by atoms with Gasteiger partial charge in [-0.25, -0.2) is 0 Å². The van der Waals surface area contributed by atoms with Crippen molar-refractivity contribution in [2.45, 2.75) is 70.9 Å². The van der Waals surface area contributed by atoms with E-state index in [0.717, 1.165) is 25.8 Å². The average molecular weight is 275 g/mol. The Bertz CT molecular complexity index is 265. The molecule has 4 heteroatoms. The first kappa shape index (κ1) is 15.8. The highest BCUT2D eigenvalue weighted by molar-refractivity contribution is 5.85. The van der Waals surface area contributed by atoms with Crippen molar-refractivity contribution in [2.24, 2.45) is 5.41 Å². The molecule has 2 fully saturated rings. The Labute approximate surface area is 117 Å². The minimum absolute atomic E-state index is 0. The quantitative estimate of drug-likeness (QED) is 0.831. The van der Waals surface area contributed by atoms with Crippen LogP contribution in [-0.2, 0) is 4.79 Å². The minimum Gasteiger partial charge on any atom is -0.353 e. The molecule has 3 nitrogen and oxygen atoms in total. The molecule has 1 aliphatic carbocycles. The van der Waals surface area contributed by atoms with Gasteiger partial charge in [0.25, 0.3) is 0 Å². The molecule has 0 aromatic carbocycles. The van der Waals surface area contributed by atoms with Gasteiger partial charge in [0.1, 0.15) is 0 Å². The second kappa shape index (κ2) is 6.76. The highest BCUT2D eigenvalue weighted by Gasteiger charge is 2.28. The van der Waals surface area contributed by atoms with Crippen LogP contribution in [0.2, 0.25) is 0 Å². The monoisotopic (exact) mass is 274 g/mol. The van der Waals surface area contributed by atoms with Gasteiger partial charge in [0.15, 0.2) is 0 Å². The molecule has 0 aromatic rings. The third kappa shape index (κ3) is 4.77. The summed E-state index contributed by atoms with van der Waals surface area (Å²) in [5.41, 5.74) is 0.480. The Balaban J connectivity index is 0.00000162. The molecule has 1 amide bonds. The van der Waals surface area contributed by atoms with Gasteiger partial charge in [0.2, 0.25) is 5.91 Å². The maximum atomic E-state index is 11.9. The summed E-state index contributed by atoms with van der Waals surface area (Å²) in [7, 11) is 0. The van der Waals surface area contributed by atoms with Gasteiger partial charge in [-0.2, -0.15) is 0 Å². The van der Waals surface area contributed by atoms with E-state index in [1.807, 2.05) is 0 Å². The summed E-state index contributed by atoms with van der Waals surface area (Å²) in [6.07, 6.45) is 7.81. The van der Waals surface area contributed by atoms with Gasteiger partial charge in [-0.1, -0.05) is 13.8 Å². The summed E-state index contributed by atoms with van der Waals surface area (Å²) >= 11 is 0. The first-order valence-electron chi connectivity index (χ1n) is 7.08. The van der Waals surface area contributed by atoms with Crippen molar-refractivity contribution < 1.29 is 4.79 Å². The van der Waals surface area contributed by atoms with Crippen LogP contribution in [0.1, 0.15) is 58.8 Å². The van der Waals surface area contributed by atoms with E-state index in [1.54, 1.807) is 0 Å². The first-order valence-corrected chi connectivity index (χ1v) is 7.08. The number of rotatable bonds is 3. The van der Waals surface area contributed by atoms with Crippen LogP contribution in [0, 0.1) is 5.41 Å². The van der Waals surface area contributed by atoms with Crippen LogP contribution in [0.4, 0.5) is 0 Å². The smallest absolute Gasteiger partial charge is 0.221 e. The summed E-state index contributed by atoms with van der Waals surface area (Å²) < 4.78 is 0. The SMILES string of the molecule is CC1(C)CCC(NC(=O)CC2CCCN2)CC1.Cl. The van der Waals surface area contributed by atoms with Crippen molar-refractivity contribution in [3.05, 3.63) is 0 Å². The largest absolute Gasteiger partial charge is 0.353 e. The number of carbonyl (C=O) groups is 1. The summed E-state index contributed by atoms with van der Waals surface area (Å²) in [4.78, 5) is 11.9. The number of amides is 1. The van der Waals surface area contributed by atoms with Crippen LogP contribution in [0.3, 0.4) is 0 Å². The van der Waals surface area contributed by atoms with Gasteiger partial charge < -0.3 is 10.6 Å². The minimum atomic E-state index is 0. The zero-order valence-corrected chi connectivity index (χ0v) is 12.4. The molecule has 106 valence electrons. The van der Waals surface area contributed by atoms with E-state index >= 15 is 0 Å². The van der Waals surface area contributed by atoms with E-state index < -0.39 is 0 Å². The predicted octanol–water partition coefficient (Wildman–Crippen LogP) is 2.64. The molecule has 0 bridgehead atoms. The van der Waals surface area contributed by atoms with Gasteiger partial charge in [0.05, 0.1) is 0 Å². The first-order chi connectivity index (χ1) is 8.05. The Kier molecular flexibility index (Phi) is 5.93. The van der Waals surface area contributed by atoms with Crippen LogP contribution in [0.15, 0.2) is 0 Å². The molecule has 1 unspecified atom stereocenters. The second-order valence-electron chi connectivity index (χ2n) is 6.50. The molecule has 2 rings (SSSR count). The van der Waals surface area contributed by atoms with Gasteiger partial charge >= 0.3 is 0 Å². The topological polar surface area (TPSA) is 41.1 Å². The average Bonchev–Trinajstić information content (AvgIpc) is 2.74. The second-order valence-corrected chi connectivity index (χ2v) is 6.50.